The van der Waals surface area contributed by atoms with E-state index in [4.69, 9.17) is 23.4 Å². The maximum absolute atomic E-state index is 12.8. The van der Waals surface area contributed by atoms with E-state index < -0.39 is 14.4 Å². The van der Waals surface area contributed by atoms with E-state index in [1.165, 1.54) is 0 Å². The third-order valence-electron chi connectivity index (χ3n) is 7.26. The van der Waals surface area contributed by atoms with Gasteiger partial charge in [-0.25, -0.2) is 4.79 Å². The van der Waals surface area contributed by atoms with Crippen LogP contribution in [0.2, 0.25) is 18.1 Å². The second-order valence-electron chi connectivity index (χ2n) is 11.0. The second-order valence-corrected chi connectivity index (χ2v) is 15.7. The van der Waals surface area contributed by atoms with Crippen molar-refractivity contribution in [3.8, 4) is 17.2 Å². The average molecular weight is 529 g/mol. The number of amides is 1. The Bertz CT molecular complexity index is 1050. The molecule has 0 aliphatic carbocycles. The molecule has 0 radical (unpaired) electrons. The molecule has 0 unspecified atom stereocenters. The molecular weight excluding hydrogens is 488 g/mol. The Labute approximate surface area is 221 Å². The van der Waals surface area contributed by atoms with Gasteiger partial charge in [-0.2, -0.15) is 0 Å². The highest BCUT2D eigenvalue weighted by Crippen LogP contribution is 2.39. The fraction of sp³-hybridized carbons (Fsp3) is 0.536. The van der Waals surface area contributed by atoms with Crippen molar-refractivity contribution < 1.29 is 28.2 Å². The SMILES string of the molecule is CC(C)(C)[Si](C)(C)Oc1ccc2c(c1)OC(=O)N(c1ccc(OCCOCCN3CCOCC3)cc1)C2. The summed E-state index contributed by atoms with van der Waals surface area (Å²) >= 11 is 0. The molecule has 37 heavy (non-hydrogen) atoms. The van der Waals surface area contributed by atoms with Crippen molar-refractivity contribution in [3.05, 3.63) is 48.0 Å². The number of carbonyl (C=O) groups excluding carboxylic acids is 1. The van der Waals surface area contributed by atoms with Crippen molar-refractivity contribution in [2.24, 2.45) is 0 Å². The Kier molecular flexibility index (Phi) is 8.79. The van der Waals surface area contributed by atoms with E-state index in [-0.39, 0.29) is 5.04 Å². The molecule has 1 saturated heterocycles. The molecule has 0 aromatic heterocycles. The summed E-state index contributed by atoms with van der Waals surface area (Å²) in [5, 5.41) is 0.0856. The fourth-order valence-electron chi connectivity index (χ4n) is 3.91. The van der Waals surface area contributed by atoms with Crippen LogP contribution in [-0.2, 0) is 16.0 Å². The molecule has 202 valence electrons. The van der Waals surface area contributed by atoms with Crippen molar-refractivity contribution in [2.45, 2.75) is 45.4 Å². The van der Waals surface area contributed by atoms with Crippen molar-refractivity contribution in [3.63, 3.8) is 0 Å². The molecule has 2 aliphatic heterocycles. The number of hydrogen-bond acceptors (Lipinski definition) is 7. The van der Waals surface area contributed by atoms with Gasteiger partial charge in [0.15, 0.2) is 0 Å². The minimum absolute atomic E-state index is 0.0856. The first-order valence-electron chi connectivity index (χ1n) is 13.0. The Morgan fingerprint density at radius 3 is 2.35 bits per heavy atom. The molecule has 0 N–H and O–H groups in total. The number of benzene rings is 2. The van der Waals surface area contributed by atoms with Crippen molar-refractivity contribution in [2.75, 3.05) is 57.6 Å². The molecule has 0 spiro atoms. The number of fused-ring (bicyclic) bond motifs is 1. The molecule has 0 saturated carbocycles. The number of nitrogens with zero attached hydrogens (tertiary/aromatic N) is 2. The molecule has 2 aromatic rings. The normalized spacial score (nSPS) is 16.8. The first-order valence-corrected chi connectivity index (χ1v) is 16.0. The second kappa shape index (κ2) is 11.9. The molecular formula is C28H40N2O6Si. The lowest BCUT2D eigenvalue weighted by atomic mass is 10.1. The topological polar surface area (TPSA) is 69.7 Å². The minimum atomic E-state index is -1.98. The molecule has 4 rings (SSSR count). The third-order valence-corrected chi connectivity index (χ3v) is 11.6. The predicted octanol–water partition coefficient (Wildman–Crippen LogP) is 5.32. The zero-order chi connectivity index (χ0) is 26.5. The van der Waals surface area contributed by atoms with Gasteiger partial charge in [0, 0.05) is 37.0 Å². The molecule has 1 fully saturated rings. The number of anilines is 1. The largest absolute Gasteiger partial charge is 0.543 e. The van der Waals surface area contributed by atoms with E-state index >= 15 is 0 Å². The van der Waals surface area contributed by atoms with E-state index in [9.17, 15) is 4.79 Å². The van der Waals surface area contributed by atoms with Gasteiger partial charge in [-0.3, -0.25) is 9.80 Å². The third kappa shape index (κ3) is 7.25. The number of morpholine rings is 1. The lowest BCUT2D eigenvalue weighted by molar-refractivity contribution is 0.0170. The summed E-state index contributed by atoms with van der Waals surface area (Å²) in [6.07, 6.45) is -0.403. The number of carbonyl (C=O) groups is 1. The Morgan fingerprint density at radius 2 is 1.65 bits per heavy atom. The van der Waals surface area contributed by atoms with E-state index in [0.717, 1.165) is 55.6 Å². The number of rotatable bonds is 10. The zero-order valence-electron chi connectivity index (χ0n) is 22.7. The van der Waals surface area contributed by atoms with Crippen LogP contribution >= 0.6 is 0 Å². The van der Waals surface area contributed by atoms with Crippen LogP contribution in [-0.4, -0.2) is 72.0 Å². The fourth-order valence-corrected chi connectivity index (χ4v) is 4.94. The van der Waals surface area contributed by atoms with E-state index in [2.05, 4.69) is 38.8 Å². The standard InChI is InChI=1S/C28H40N2O6Si/c1-28(2,3)37(4,5)36-25-9-6-22-21-30(27(31)35-26(22)20-25)23-7-10-24(11-8-23)34-19-18-33-17-14-29-12-15-32-16-13-29/h6-11,20H,12-19,21H2,1-5H3. The van der Waals surface area contributed by atoms with Crippen molar-refractivity contribution in [1.29, 1.82) is 0 Å². The monoisotopic (exact) mass is 528 g/mol. The molecule has 0 atom stereocenters. The first kappa shape index (κ1) is 27.4. The van der Waals surface area contributed by atoms with Crippen LogP contribution in [0.15, 0.2) is 42.5 Å². The highest BCUT2D eigenvalue weighted by molar-refractivity contribution is 6.74. The Hall–Kier alpha value is -2.59. The smallest absolute Gasteiger partial charge is 0.420 e. The van der Waals surface area contributed by atoms with Crippen LogP contribution in [0.25, 0.3) is 0 Å². The van der Waals surface area contributed by atoms with E-state index in [1.807, 2.05) is 42.5 Å². The van der Waals surface area contributed by atoms with Crippen LogP contribution in [0, 0.1) is 0 Å². The predicted molar refractivity (Wildman–Crippen MR) is 146 cm³/mol. The summed E-state index contributed by atoms with van der Waals surface area (Å²) in [4.78, 5) is 16.8. The van der Waals surface area contributed by atoms with E-state index in [0.29, 0.717) is 32.1 Å². The van der Waals surface area contributed by atoms with Crippen molar-refractivity contribution in [1.82, 2.24) is 4.90 Å². The highest BCUT2D eigenvalue weighted by atomic mass is 28.4. The van der Waals surface area contributed by atoms with Crippen LogP contribution in [0.4, 0.5) is 10.5 Å². The summed E-state index contributed by atoms with van der Waals surface area (Å²) in [6.45, 7) is 17.6. The lowest BCUT2D eigenvalue weighted by Gasteiger charge is -2.36. The molecule has 2 aliphatic rings. The first-order chi connectivity index (χ1) is 17.6. The summed E-state index contributed by atoms with van der Waals surface area (Å²) in [6, 6.07) is 13.3. The van der Waals surface area contributed by atoms with Gasteiger partial charge in [-0.05, 0) is 54.5 Å². The minimum Gasteiger partial charge on any atom is -0.543 e. The average Bonchev–Trinajstić information content (AvgIpc) is 2.86. The van der Waals surface area contributed by atoms with Gasteiger partial charge in [0.05, 0.1) is 33.0 Å². The van der Waals surface area contributed by atoms with Gasteiger partial charge >= 0.3 is 6.09 Å². The van der Waals surface area contributed by atoms with Crippen LogP contribution in [0.1, 0.15) is 26.3 Å². The lowest BCUT2D eigenvalue weighted by Crippen LogP contribution is -2.44. The van der Waals surface area contributed by atoms with Crippen LogP contribution in [0.3, 0.4) is 0 Å². The molecule has 2 heterocycles. The van der Waals surface area contributed by atoms with Gasteiger partial charge in [0.2, 0.25) is 8.32 Å². The summed E-state index contributed by atoms with van der Waals surface area (Å²) in [5.41, 5.74) is 1.70. The van der Waals surface area contributed by atoms with E-state index in [1.54, 1.807) is 4.90 Å². The van der Waals surface area contributed by atoms with Crippen LogP contribution < -0.4 is 18.8 Å². The molecule has 2 aromatic carbocycles. The zero-order valence-corrected chi connectivity index (χ0v) is 23.7. The molecule has 8 nitrogen and oxygen atoms in total. The summed E-state index contributed by atoms with van der Waals surface area (Å²) in [5.74, 6) is 2.04. The highest BCUT2D eigenvalue weighted by Gasteiger charge is 2.39. The molecule has 9 heteroatoms. The number of hydrogen-bond donors (Lipinski definition) is 0. The molecule has 0 bridgehead atoms. The maximum Gasteiger partial charge on any atom is 0.420 e. The van der Waals surface area contributed by atoms with Gasteiger partial charge in [-0.1, -0.05) is 20.8 Å². The van der Waals surface area contributed by atoms with Gasteiger partial charge in [-0.15, -0.1) is 0 Å². The van der Waals surface area contributed by atoms with Gasteiger partial charge in [0.1, 0.15) is 23.9 Å². The summed E-state index contributed by atoms with van der Waals surface area (Å²) in [7, 11) is -1.98. The van der Waals surface area contributed by atoms with Gasteiger partial charge in [0.25, 0.3) is 0 Å². The summed E-state index contributed by atoms with van der Waals surface area (Å²) < 4.78 is 28.9. The Balaban J connectivity index is 1.26. The molecule has 1 amide bonds. The van der Waals surface area contributed by atoms with Crippen molar-refractivity contribution >= 4 is 20.1 Å². The van der Waals surface area contributed by atoms with Crippen LogP contribution in [0.5, 0.6) is 17.2 Å². The quantitative estimate of drug-likeness (QED) is 0.305. The maximum atomic E-state index is 12.8. The van der Waals surface area contributed by atoms with Gasteiger partial charge < -0.3 is 23.4 Å². The Morgan fingerprint density at radius 1 is 0.946 bits per heavy atom. The number of ether oxygens (including phenoxy) is 4.